The molecule has 1 nitrogen and oxygen atoms in total. The second-order valence-electron chi connectivity index (χ2n) is 1.40. The molecular weight excluding hydrogens is 106 g/mol. The summed E-state index contributed by atoms with van der Waals surface area (Å²) in [6.07, 6.45) is 2.02. The Morgan fingerprint density at radius 3 is 3.00 bits per heavy atom. The van der Waals surface area contributed by atoms with E-state index in [-0.39, 0.29) is 0 Å². The van der Waals surface area contributed by atoms with Crippen LogP contribution in [0.15, 0.2) is 16.5 Å². The van der Waals surface area contributed by atoms with Gasteiger partial charge in [0.25, 0.3) is 0 Å². The van der Waals surface area contributed by atoms with Gasteiger partial charge in [-0.15, -0.1) is 11.8 Å². The summed E-state index contributed by atoms with van der Waals surface area (Å²) in [4.78, 5) is 4.12. The van der Waals surface area contributed by atoms with Gasteiger partial charge in [0, 0.05) is 5.71 Å². The topological polar surface area (TPSA) is 12.4 Å². The van der Waals surface area contributed by atoms with Crippen LogP contribution >= 0.6 is 11.8 Å². The molecule has 0 amide bonds. The lowest BCUT2D eigenvalue weighted by Gasteiger charge is -1.96. The molecule has 0 unspecified atom stereocenters. The third kappa shape index (κ3) is 1.35. The van der Waals surface area contributed by atoms with Gasteiger partial charge in [-0.3, -0.25) is 4.99 Å². The van der Waals surface area contributed by atoms with Crippen molar-refractivity contribution in [2.75, 3.05) is 5.88 Å². The summed E-state index contributed by atoms with van der Waals surface area (Å²) in [6, 6.07) is 0. The normalized spacial score (nSPS) is 19.3. The zero-order chi connectivity index (χ0) is 5.11. The molecule has 0 bridgehead atoms. The molecule has 2 heteroatoms. The molecule has 1 rings (SSSR count). The van der Waals surface area contributed by atoms with Gasteiger partial charge in [-0.05, 0) is 18.4 Å². The standard InChI is InChI=1S/C5H7NS/c1-5-2-3-7-4-6-5/h2-3H,4H2,1H3. The van der Waals surface area contributed by atoms with E-state index in [0.717, 1.165) is 11.6 Å². The van der Waals surface area contributed by atoms with E-state index in [2.05, 4.69) is 10.4 Å². The third-order valence-corrected chi connectivity index (χ3v) is 1.40. The zero-order valence-electron chi connectivity index (χ0n) is 4.22. The van der Waals surface area contributed by atoms with Crippen LogP contribution in [0.5, 0.6) is 0 Å². The highest BCUT2D eigenvalue weighted by atomic mass is 32.2. The fourth-order valence-corrected chi connectivity index (χ4v) is 1.04. The molecular formula is C5H7NS. The number of aliphatic imine (C=N–C) groups is 1. The van der Waals surface area contributed by atoms with Crippen LogP contribution in [0.2, 0.25) is 0 Å². The highest BCUT2D eigenvalue weighted by Gasteiger charge is 1.87. The second kappa shape index (κ2) is 2.17. The molecule has 0 radical (unpaired) electrons. The van der Waals surface area contributed by atoms with Crippen LogP contribution in [0.3, 0.4) is 0 Å². The minimum atomic E-state index is 0.905. The maximum Gasteiger partial charge on any atom is 0.0887 e. The Balaban J connectivity index is 2.58. The van der Waals surface area contributed by atoms with Gasteiger partial charge in [0.15, 0.2) is 0 Å². The summed E-state index contributed by atoms with van der Waals surface area (Å²) in [5.74, 6) is 0.905. The Hall–Kier alpha value is -0.240. The van der Waals surface area contributed by atoms with Crippen molar-refractivity contribution in [3.63, 3.8) is 0 Å². The van der Waals surface area contributed by atoms with E-state index >= 15 is 0 Å². The number of rotatable bonds is 0. The van der Waals surface area contributed by atoms with Crippen molar-refractivity contribution >= 4 is 17.5 Å². The molecule has 1 heterocycles. The monoisotopic (exact) mass is 113 g/mol. The van der Waals surface area contributed by atoms with Crippen molar-refractivity contribution in [1.82, 2.24) is 0 Å². The molecule has 1 aliphatic rings. The van der Waals surface area contributed by atoms with Crippen molar-refractivity contribution in [2.45, 2.75) is 6.92 Å². The van der Waals surface area contributed by atoms with Crippen molar-refractivity contribution in [3.8, 4) is 0 Å². The van der Waals surface area contributed by atoms with Crippen LogP contribution in [0, 0.1) is 0 Å². The molecule has 0 aliphatic carbocycles. The van der Waals surface area contributed by atoms with Gasteiger partial charge >= 0.3 is 0 Å². The van der Waals surface area contributed by atoms with Crippen LogP contribution in [0.4, 0.5) is 0 Å². The fraction of sp³-hybridized carbons (Fsp3) is 0.400. The smallest absolute Gasteiger partial charge is 0.0887 e. The van der Waals surface area contributed by atoms with Crippen molar-refractivity contribution in [2.24, 2.45) is 4.99 Å². The Labute approximate surface area is 47.5 Å². The zero-order valence-corrected chi connectivity index (χ0v) is 5.03. The van der Waals surface area contributed by atoms with Gasteiger partial charge < -0.3 is 0 Å². The van der Waals surface area contributed by atoms with Crippen molar-refractivity contribution < 1.29 is 0 Å². The van der Waals surface area contributed by atoms with E-state index in [9.17, 15) is 0 Å². The third-order valence-electron chi connectivity index (χ3n) is 0.794. The average molecular weight is 113 g/mol. The number of nitrogens with zero attached hydrogens (tertiary/aromatic N) is 1. The highest BCUT2D eigenvalue weighted by Crippen LogP contribution is 2.06. The quantitative estimate of drug-likeness (QED) is 0.465. The molecule has 0 N–H and O–H groups in total. The Kier molecular flexibility index (Phi) is 1.52. The molecule has 0 saturated carbocycles. The van der Waals surface area contributed by atoms with E-state index in [0.29, 0.717) is 0 Å². The molecule has 0 spiro atoms. The molecule has 0 fully saturated rings. The Bertz CT molecular complexity index is 115. The summed E-state index contributed by atoms with van der Waals surface area (Å²) in [5.41, 5.74) is 1.14. The SMILES string of the molecule is CC1=NCSC=C1. The molecule has 38 valence electrons. The van der Waals surface area contributed by atoms with Crippen LogP contribution < -0.4 is 0 Å². The van der Waals surface area contributed by atoms with Gasteiger partial charge in [0.1, 0.15) is 0 Å². The molecule has 0 atom stereocenters. The lowest BCUT2D eigenvalue weighted by Crippen LogP contribution is -1.88. The van der Waals surface area contributed by atoms with Crippen molar-refractivity contribution in [3.05, 3.63) is 11.5 Å². The van der Waals surface area contributed by atoms with Crippen LogP contribution in [-0.2, 0) is 0 Å². The van der Waals surface area contributed by atoms with E-state index in [1.807, 2.05) is 13.0 Å². The number of allylic oxidation sites excluding steroid dienone is 1. The van der Waals surface area contributed by atoms with Crippen LogP contribution in [0.25, 0.3) is 0 Å². The highest BCUT2D eigenvalue weighted by molar-refractivity contribution is 8.02. The minimum absolute atomic E-state index is 0.905. The first-order chi connectivity index (χ1) is 3.39. The van der Waals surface area contributed by atoms with E-state index in [1.165, 1.54) is 0 Å². The molecule has 0 saturated heterocycles. The fourth-order valence-electron chi connectivity index (χ4n) is 0.381. The number of thioether (sulfide) groups is 1. The van der Waals surface area contributed by atoms with Gasteiger partial charge in [-0.25, -0.2) is 0 Å². The first-order valence-electron chi connectivity index (χ1n) is 2.19. The first-order valence-corrected chi connectivity index (χ1v) is 3.23. The molecule has 0 aromatic heterocycles. The predicted octanol–water partition coefficient (Wildman–Crippen LogP) is 1.67. The summed E-state index contributed by atoms with van der Waals surface area (Å²) >= 11 is 1.73. The van der Waals surface area contributed by atoms with E-state index < -0.39 is 0 Å². The Morgan fingerprint density at radius 1 is 1.86 bits per heavy atom. The van der Waals surface area contributed by atoms with Crippen LogP contribution in [-0.4, -0.2) is 11.6 Å². The lowest BCUT2D eigenvalue weighted by atomic mass is 10.4. The summed E-state index contributed by atoms with van der Waals surface area (Å²) in [5, 5.41) is 2.07. The molecule has 0 aromatic carbocycles. The lowest BCUT2D eigenvalue weighted by molar-refractivity contribution is 1.36. The van der Waals surface area contributed by atoms with Gasteiger partial charge in [-0.1, -0.05) is 0 Å². The van der Waals surface area contributed by atoms with Gasteiger partial charge in [0.05, 0.1) is 5.88 Å². The second-order valence-corrected chi connectivity index (χ2v) is 2.26. The maximum atomic E-state index is 4.12. The van der Waals surface area contributed by atoms with Crippen LogP contribution in [0.1, 0.15) is 6.92 Å². The average Bonchev–Trinajstić information content (AvgIpc) is 1.69. The molecule has 1 aliphatic heterocycles. The van der Waals surface area contributed by atoms with E-state index in [1.54, 1.807) is 11.8 Å². The number of hydrogen-bond acceptors (Lipinski definition) is 2. The molecule has 0 aromatic rings. The molecule has 7 heavy (non-hydrogen) atoms. The largest absolute Gasteiger partial charge is 0.279 e. The van der Waals surface area contributed by atoms with E-state index in [4.69, 9.17) is 0 Å². The van der Waals surface area contributed by atoms with Gasteiger partial charge in [-0.2, -0.15) is 0 Å². The first kappa shape index (κ1) is 4.91. The van der Waals surface area contributed by atoms with Crippen molar-refractivity contribution in [1.29, 1.82) is 0 Å². The predicted molar refractivity (Wildman–Crippen MR) is 34.7 cm³/mol. The Morgan fingerprint density at radius 2 is 2.71 bits per heavy atom. The summed E-state index contributed by atoms with van der Waals surface area (Å²) < 4.78 is 0. The summed E-state index contributed by atoms with van der Waals surface area (Å²) in [6.45, 7) is 2.01. The van der Waals surface area contributed by atoms with Gasteiger partial charge in [0.2, 0.25) is 0 Å². The maximum absolute atomic E-state index is 4.12. The summed E-state index contributed by atoms with van der Waals surface area (Å²) in [7, 11) is 0. The number of hydrogen-bond donors (Lipinski definition) is 0. The minimum Gasteiger partial charge on any atom is -0.279 e.